The Kier molecular flexibility index (Phi) is 4.23. The molecule has 0 radical (unpaired) electrons. The van der Waals surface area contributed by atoms with Crippen LogP contribution in [0.1, 0.15) is 23.2 Å². The first-order valence-electron chi connectivity index (χ1n) is 7.55. The third-order valence-corrected chi connectivity index (χ3v) is 3.91. The maximum absolute atomic E-state index is 12.3. The molecule has 0 atom stereocenters. The van der Waals surface area contributed by atoms with E-state index in [1.807, 2.05) is 23.1 Å². The van der Waals surface area contributed by atoms with Crippen molar-refractivity contribution in [2.45, 2.75) is 12.8 Å². The second-order valence-electron chi connectivity index (χ2n) is 5.47. The third-order valence-electron chi connectivity index (χ3n) is 3.91. The van der Waals surface area contributed by atoms with Crippen LogP contribution in [0.4, 0.5) is 17.1 Å². The van der Waals surface area contributed by atoms with Crippen molar-refractivity contribution in [3.05, 3.63) is 64.2 Å². The summed E-state index contributed by atoms with van der Waals surface area (Å²) in [6.45, 7) is 1.63. The summed E-state index contributed by atoms with van der Waals surface area (Å²) in [5, 5.41) is 14.1. The molecule has 0 bridgehead atoms. The number of anilines is 2. The van der Waals surface area contributed by atoms with Crippen LogP contribution >= 0.6 is 0 Å². The average molecular weight is 311 g/mol. The SMILES string of the molecule is O=C(Nc1ccccc1)c1ccc(N2CCCC2)c([N+](=O)[O-])c1. The van der Waals surface area contributed by atoms with Crippen molar-refractivity contribution >= 4 is 23.0 Å². The van der Waals surface area contributed by atoms with E-state index in [0.29, 0.717) is 11.4 Å². The largest absolute Gasteiger partial charge is 0.366 e. The first kappa shape index (κ1) is 15.0. The summed E-state index contributed by atoms with van der Waals surface area (Å²) in [4.78, 5) is 25.2. The number of nitrogens with zero attached hydrogens (tertiary/aromatic N) is 2. The molecule has 0 aromatic heterocycles. The molecule has 2 aromatic rings. The molecule has 2 aromatic carbocycles. The molecule has 1 aliphatic heterocycles. The van der Waals surface area contributed by atoms with E-state index in [4.69, 9.17) is 0 Å². The number of hydrogen-bond donors (Lipinski definition) is 1. The Morgan fingerprint density at radius 3 is 2.43 bits per heavy atom. The minimum absolute atomic E-state index is 0.0207. The van der Waals surface area contributed by atoms with E-state index >= 15 is 0 Å². The second-order valence-corrected chi connectivity index (χ2v) is 5.47. The van der Waals surface area contributed by atoms with Gasteiger partial charge in [-0.3, -0.25) is 14.9 Å². The number of rotatable bonds is 4. The highest BCUT2D eigenvalue weighted by Gasteiger charge is 2.23. The predicted molar refractivity (Wildman–Crippen MR) is 88.9 cm³/mol. The van der Waals surface area contributed by atoms with Crippen LogP contribution in [-0.2, 0) is 0 Å². The Morgan fingerprint density at radius 1 is 1.09 bits per heavy atom. The lowest BCUT2D eigenvalue weighted by Crippen LogP contribution is -2.19. The van der Waals surface area contributed by atoms with E-state index in [0.717, 1.165) is 25.9 Å². The molecular weight excluding hydrogens is 294 g/mol. The molecule has 1 heterocycles. The lowest BCUT2D eigenvalue weighted by Gasteiger charge is -2.17. The number of amides is 1. The van der Waals surface area contributed by atoms with E-state index in [1.54, 1.807) is 24.3 Å². The zero-order valence-electron chi connectivity index (χ0n) is 12.6. The molecule has 118 valence electrons. The van der Waals surface area contributed by atoms with Crippen LogP contribution in [-0.4, -0.2) is 23.9 Å². The Hall–Kier alpha value is -2.89. The number of carbonyl (C=O) groups is 1. The van der Waals surface area contributed by atoms with Crippen LogP contribution in [0.25, 0.3) is 0 Å². The number of nitro benzene ring substituents is 1. The van der Waals surface area contributed by atoms with E-state index in [9.17, 15) is 14.9 Å². The van der Waals surface area contributed by atoms with Gasteiger partial charge in [0.15, 0.2) is 0 Å². The summed E-state index contributed by atoms with van der Waals surface area (Å²) in [5.74, 6) is -0.354. The van der Waals surface area contributed by atoms with Crippen LogP contribution in [0.15, 0.2) is 48.5 Å². The van der Waals surface area contributed by atoms with Crippen LogP contribution in [0.2, 0.25) is 0 Å². The summed E-state index contributed by atoms with van der Waals surface area (Å²) in [7, 11) is 0. The summed E-state index contributed by atoms with van der Waals surface area (Å²) in [6.07, 6.45) is 2.07. The summed E-state index contributed by atoms with van der Waals surface area (Å²) < 4.78 is 0. The molecule has 1 saturated heterocycles. The minimum atomic E-state index is -0.424. The van der Waals surface area contributed by atoms with E-state index in [-0.39, 0.29) is 17.2 Å². The first-order chi connectivity index (χ1) is 11.1. The fraction of sp³-hybridized carbons (Fsp3) is 0.235. The molecule has 1 amide bonds. The van der Waals surface area contributed by atoms with Gasteiger partial charge in [0.25, 0.3) is 11.6 Å². The van der Waals surface area contributed by atoms with Gasteiger partial charge in [-0.15, -0.1) is 0 Å². The zero-order chi connectivity index (χ0) is 16.2. The summed E-state index contributed by atoms with van der Waals surface area (Å²) in [6, 6.07) is 13.7. The maximum Gasteiger partial charge on any atom is 0.293 e. The van der Waals surface area contributed by atoms with Gasteiger partial charge < -0.3 is 10.2 Å². The summed E-state index contributed by atoms with van der Waals surface area (Å²) >= 11 is 0. The van der Waals surface area contributed by atoms with Gasteiger partial charge in [-0.1, -0.05) is 18.2 Å². The van der Waals surface area contributed by atoms with Crippen molar-refractivity contribution in [2.75, 3.05) is 23.3 Å². The fourth-order valence-corrected chi connectivity index (χ4v) is 2.76. The maximum atomic E-state index is 12.3. The molecule has 0 spiro atoms. The van der Waals surface area contributed by atoms with Crippen molar-refractivity contribution in [2.24, 2.45) is 0 Å². The van der Waals surface area contributed by atoms with E-state index in [2.05, 4.69) is 5.32 Å². The van der Waals surface area contributed by atoms with Gasteiger partial charge in [-0.25, -0.2) is 0 Å². The quantitative estimate of drug-likeness (QED) is 0.693. The number of nitrogens with one attached hydrogen (secondary N) is 1. The molecule has 3 rings (SSSR count). The van der Waals surface area contributed by atoms with Gasteiger partial charge in [-0.05, 0) is 37.1 Å². The van der Waals surface area contributed by atoms with Crippen LogP contribution in [0.3, 0.4) is 0 Å². The molecule has 23 heavy (non-hydrogen) atoms. The average Bonchev–Trinajstić information content (AvgIpc) is 3.09. The highest BCUT2D eigenvalue weighted by Crippen LogP contribution is 2.31. The molecular formula is C17H17N3O3. The number of nitro groups is 1. The van der Waals surface area contributed by atoms with Crippen molar-refractivity contribution in [1.82, 2.24) is 0 Å². The lowest BCUT2D eigenvalue weighted by molar-refractivity contribution is -0.384. The van der Waals surface area contributed by atoms with Crippen LogP contribution in [0.5, 0.6) is 0 Å². The Morgan fingerprint density at radius 2 is 1.78 bits per heavy atom. The van der Waals surface area contributed by atoms with Crippen LogP contribution < -0.4 is 10.2 Å². The molecule has 1 N–H and O–H groups in total. The van der Waals surface area contributed by atoms with Gasteiger partial charge in [0.2, 0.25) is 0 Å². The van der Waals surface area contributed by atoms with Gasteiger partial charge >= 0.3 is 0 Å². The Balaban J connectivity index is 1.87. The molecule has 1 aliphatic rings. The van der Waals surface area contributed by atoms with Gasteiger partial charge in [0.1, 0.15) is 5.69 Å². The lowest BCUT2D eigenvalue weighted by atomic mass is 10.1. The summed E-state index contributed by atoms with van der Waals surface area (Å²) in [5.41, 5.74) is 1.50. The Bertz CT molecular complexity index is 725. The number of carbonyl (C=O) groups excluding carboxylic acids is 1. The van der Waals surface area contributed by atoms with Gasteiger partial charge in [0.05, 0.1) is 4.92 Å². The fourth-order valence-electron chi connectivity index (χ4n) is 2.76. The standard InChI is InChI=1S/C17H17N3O3/c21-17(18-14-6-2-1-3-7-14)13-8-9-15(16(12-13)20(22)23)19-10-4-5-11-19/h1-3,6-9,12H,4-5,10-11H2,(H,18,21). The molecule has 1 fully saturated rings. The molecule has 0 unspecified atom stereocenters. The van der Waals surface area contributed by atoms with E-state index in [1.165, 1.54) is 6.07 Å². The van der Waals surface area contributed by atoms with Crippen molar-refractivity contribution in [3.63, 3.8) is 0 Å². The van der Waals surface area contributed by atoms with Crippen molar-refractivity contribution in [3.8, 4) is 0 Å². The van der Waals surface area contributed by atoms with Crippen LogP contribution in [0, 0.1) is 10.1 Å². The predicted octanol–water partition coefficient (Wildman–Crippen LogP) is 3.45. The monoisotopic (exact) mass is 311 g/mol. The number of hydrogen-bond acceptors (Lipinski definition) is 4. The van der Waals surface area contributed by atoms with Gasteiger partial charge in [-0.2, -0.15) is 0 Å². The first-order valence-corrected chi connectivity index (χ1v) is 7.55. The van der Waals surface area contributed by atoms with Crippen molar-refractivity contribution < 1.29 is 9.72 Å². The smallest absolute Gasteiger partial charge is 0.293 e. The molecule has 0 aliphatic carbocycles. The van der Waals surface area contributed by atoms with E-state index < -0.39 is 4.92 Å². The topological polar surface area (TPSA) is 75.5 Å². The second kappa shape index (κ2) is 6.48. The minimum Gasteiger partial charge on any atom is -0.366 e. The molecule has 6 nitrogen and oxygen atoms in total. The number of para-hydroxylation sites is 1. The molecule has 0 saturated carbocycles. The number of benzene rings is 2. The highest BCUT2D eigenvalue weighted by molar-refractivity contribution is 6.05. The molecule has 6 heteroatoms. The Labute approximate surface area is 133 Å². The van der Waals surface area contributed by atoms with Crippen molar-refractivity contribution in [1.29, 1.82) is 0 Å². The zero-order valence-corrected chi connectivity index (χ0v) is 12.6. The highest BCUT2D eigenvalue weighted by atomic mass is 16.6. The third kappa shape index (κ3) is 3.31. The normalized spacial score (nSPS) is 13.8. The van der Waals surface area contributed by atoms with Gasteiger partial charge in [0, 0.05) is 30.4 Å².